The summed E-state index contributed by atoms with van der Waals surface area (Å²) in [6, 6.07) is 1.50. The van der Waals surface area contributed by atoms with Crippen molar-refractivity contribution in [3.05, 3.63) is 27.7 Å². The van der Waals surface area contributed by atoms with Gasteiger partial charge in [0.1, 0.15) is 0 Å². The monoisotopic (exact) mass is 167 g/mol. The molecule has 0 saturated carbocycles. The Bertz CT molecular complexity index is 316. The van der Waals surface area contributed by atoms with Crippen molar-refractivity contribution in [2.24, 2.45) is 5.73 Å². The van der Waals surface area contributed by atoms with Gasteiger partial charge in [0.05, 0.1) is 5.69 Å². The van der Waals surface area contributed by atoms with Gasteiger partial charge in [0.25, 0.3) is 5.56 Å². The molecular formula is C8H13N3O. The van der Waals surface area contributed by atoms with E-state index in [1.165, 1.54) is 6.07 Å². The average molecular weight is 167 g/mol. The molecule has 0 aliphatic carbocycles. The number of nitrogens with zero attached hydrogens (tertiary/aromatic N) is 1. The second-order valence-corrected chi connectivity index (χ2v) is 3.00. The number of rotatable bonds is 2. The minimum absolute atomic E-state index is 0.195. The van der Waals surface area contributed by atoms with E-state index in [0.29, 0.717) is 12.5 Å². The van der Waals surface area contributed by atoms with E-state index in [9.17, 15) is 4.79 Å². The van der Waals surface area contributed by atoms with E-state index < -0.39 is 0 Å². The van der Waals surface area contributed by atoms with Crippen LogP contribution < -0.4 is 11.3 Å². The average Bonchev–Trinajstić information content (AvgIpc) is 2.03. The lowest BCUT2D eigenvalue weighted by molar-refractivity contribution is 0.751. The van der Waals surface area contributed by atoms with Crippen molar-refractivity contribution in [1.82, 2.24) is 10.2 Å². The zero-order valence-electron chi connectivity index (χ0n) is 7.29. The topological polar surface area (TPSA) is 71.8 Å². The zero-order chi connectivity index (χ0) is 9.14. The summed E-state index contributed by atoms with van der Waals surface area (Å²) in [6.07, 6.45) is 0. The zero-order valence-corrected chi connectivity index (χ0v) is 7.29. The second-order valence-electron chi connectivity index (χ2n) is 3.00. The molecule has 12 heavy (non-hydrogen) atoms. The van der Waals surface area contributed by atoms with Crippen LogP contribution in [0.2, 0.25) is 0 Å². The van der Waals surface area contributed by atoms with Gasteiger partial charge in [-0.1, -0.05) is 13.8 Å². The largest absolute Gasteiger partial charge is 0.326 e. The maximum Gasteiger partial charge on any atom is 0.264 e. The maximum absolute atomic E-state index is 10.9. The normalized spacial score (nSPS) is 10.7. The molecule has 1 aromatic rings. The van der Waals surface area contributed by atoms with E-state index in [-0.39, 0.29) is 5.56 Å². The van der Waals surface area contributed by atoms with Gasteiger partial charge < -0.3 is 5.73 Å². The van der Waals surface area contributed by atoms with Gasteiger partial charge >= 0.3 is 0 Å². The van der Waals surface area contributed by atoms with E-state index >= 15 is 0 Å². The molecule has 0 spiro atoms. The van der Waals surface area contributed by atoms with Crippen molar-refractivity contribution in [1.29, 1.82) is 0 Å². The first-order valence-corrected chi connectivity index (χ1v) is 3.93. The van der Waals surface area contributed by atoms with Gasteiger partial charge in [0, 0.05) is 12.6 Å². The maximum atomic E-state index is 10.9. The fourth-order valence-electron chi connectivity index (χ4n) is 1.11. The molecule has 0 unspecified atom stereocenters. The lowest BCUT2D eigenvalue weighted by Crippen LogP contribution is -2.15. The Morgan fingerprint density at radius 2 is 2.33 bits per heavy atom. The Hall–Kier alpha value is -1.16. The summed E-state index contributed by atoms with van der Waals surface area (Å²) in [5, 5.41) is 6.33. The molecule has 4 nitrogen and oxygen atoms in total. The van der Waals surface area contributed by atoms with Crippen LogP contribution in [-0.2, 0) is 6.54 Å². The van der Waals surface area contributed by atoms with Crippen molar-refractivity contribution in [2.75, 3.05) is 0 Å². The van der Waals surface area contributed by atoms with E-state index in [0.717, 1.165) is 11.3 Å². The SMILES string of the molecule is CC(C)c1n[nH]c(=O)cc1CN. The van der Waals surface area contributed by atoms with E-state index in [4.69, 9.17) is 5.73 Å². The first-order chi connectivity index (χ1) is 5.65. The first kappa shape index (κ1) is 8.93. The summed E-state index contributed by atoms with van der Waals surface area (Å²) >= 11 is 0. The fourth-order valence-corrected chi connectivity index (χ4v) is 1.11. The summed E-state index contributed by atoms with van der Waals surface area (Å²) in [6.45, 7) is 4.39. The predicted molar refractivity (Wildman–Crippen MR) is 46.8 cm³/mol. The molecule has 0 radical (unpaired) electrons. The van der Waals surface area contributed by atoms with Gasteiger partial charge in [0.2, 0.25) is 0 Å². The number of hydrogen-bond donors (Lipinski definition) is 2. The Balaban J connectivity index is 3.20. The number of aromatic amines is 1. The van der Waals surface area contributed by atoms with Crippen molar-refractivity contribution < 1.29 is 0 Å². The molecule has 0 amide bonds. The highest BCUT2D eigenvalue weighted by Crippen LogP contribution is 2.13. The predicted octanol–water partition coefficient (Wildman–Crippen LogP) is 0.352. The second kappa shape index (κ2) is 3.49. The molecule has 0 saturated heterocycles. The molecule has 66 valence electrons. The summed E-state index contributed by atoms with van der Waals surface area (Å²) in [5.74, 6) is 0.292. The van der Waals surface area contributed by atoms with Crippen LogP contribution >= 0.6 is 0 Å². The third-order valence-corrected chi connectivity index (χ3v) is 1.69. The highest BCUT2D eigenvalue weighted by molar-refractivity contribution is 5.19. The quantitative estimate of drug-likeness (QED) is 0.667. The number of aromatic nitrogens is 2. The molecule has 3 N–H and O–H groups in total. The number of H-pyrrole nitrogens is 1. The lowest BCUT2D eigenvalue weighted by atomic mass is 10.1. The number of nitrogens with two attached hydrogens (primary N) is 1. The van der Waals surface area contributed by atoms with Gasteiger partial charge in [-0.3, -0.25) is 4.79 Å². The Morgan fingerprint density at radius 1 is 1.67 bits per heavy atom. The first-order valence-electron chi connectivity index (χ1n) is 3.93. The third-order valence-electron chi connectivity index (χ3n) is 1.69. The van der Waals surface area contributed by atoms with Gasteiger partial charge in [0.15, 0.2) is 0 Å². The summed E-state index contributed by atoms with van der Waals surface area (Å²) in [7, 11) is 0. The van der Waals surface area contributed by atoms with Crippen LogP contribution in [0.5, 0.6) is 0 Å². The molecule has 0 atom stereocenters. The van der Waals surface area contributed by atoms with Gasteiger partial charge in [-0.05, 0) is 11.5 Å². The molecule has 1 rings (SSSR count). The summed E-state index contributed by atoms with van der Waals surface area (Å²) in [4.78, 5) is 10.9. The van der Waals surface area contributed by atoms with Crippen LogP contribution in [0.1, 0.15) is 31.0 Å². The van der Waals surface area contributed by atoms with Crippen LogP contribution in [0.25, 0.3) is 0 Å². The van der Waals surface area contributed by atoms with Crippen molar-refractivity contribution in [3.8, 4) is 0 Å². The van der Waals surface area contributed by atoms with Crippen LogP contribution in [-0.4, -0.2) is 10.2 Å². The molecule has 0 aliphatic heterocycles. The minimum atomic E-state index is -0.195. The molecule has 0 aliphatic rings. The molecular weight excluding hydrogens is 154 g/mol. The van der Waals surface area contributed by atoms with E-state index in [1.807, 2.05) is 13.8 Å². The van der Waals surface area contributed by atoms with E-state index in [2.05, 4.69) is 10.2 Å². The van der Waals surface area contributed by atoms with Crippen LogP contribution in [0.15, 0.2) is 10.9 Å². The highest BCUT2D eigenvalue weighted by Gasteiger charge is 2.06. The summed E-state index contributed by atoms with van der Waals surface area (Å²) in [5.41, 5.74) is 6.97. The fraction of sp³-hybridized carbons (Fsp3) is 0.500. The van der Waals surface area contributed by atoms with Crippen LogP contribution in [0.3, 0.4) is 0 Å². The van der Waals surface area contributed by atoms with Crippen molar-refractivity contribution >= 4 is 0 Å². The number of hydrogen-bond acceptors (Lipinski definition) is 3. The molecule has 0 aromatic carbocycles. The van der Waals surface area contributed by atoms with Crippen LogP contribution in [0, 0.1) is 0 Å². The Morgan fingerprint density at radius 3 is 2.83 bits per heavy atom. The molecule has 0 bridgehead atoms. The molecule has 1 heterocycles. The standard InChI is InChI=1S/C8H13N3O/c1-5(2)8-6(4-9)3-7(12)10-11-8/h3,5H,4,9H2,1-2H3,(H,10,12). The lowest BCUT2D eigenvalue weighted by Gasteiger charge is -2.07. The Kier molecular flexibility index (Phi) is 2.60. The molecule has 0 fully saturated rings. The molecule has 1 aromatic heterocycles. The smallest absolute Gasteiger partial charge is 0.264 e. The van der Waals surface area contributed by atoms with Crippen molar-refractivity contribution in [2.45, 2.75) is 26.3 Å². The van der Waals surface area contributed by atoms with Crippen LogP contribution in [0.4, 0.5) is 0 Å². The van der Waals surface area contributed by atoms with Crippen molar-refractivity contribution in [3.63, 3.8) is 0 Å². The van der Waals surface area contributed by atoms with Gasteiger partial charge in [-0.15, -0.1) is 0 Å². The van der Waals surface area contributed by atoms with E-state index in [1.54, 1.807) is 0 Å². The Labute approximate surface area is 70.8 Å². The number of nitrogens with one attached hydrogen (secondary N) is 1. The van der Waals surface area contributed by atoms with Gasteiger partial charge in [-0.25, -0.2) is 5.10 Å². The summed E-state index contributed by atoms with van der Waals surface area (Å²) < 4.78 is 0. The third kappa shape index (κ3) is 1.71. The van der Waals surface area contributed by atoms with Gasteiger partial charge in [-0.2, -0.15) is 5.10 Å². The minimum Gasteiger partial charge on any atom is -0.326 e. The highest BCUT2D eigenvalue weighted by atomic mass is 16.1. The molecule has 4 heteroatoms.